The van der Waals surface area contributed by atoms with E-state index in [9.17, 15) is 14.7 Å². The van der Waals surface area contributed by atoms with Gasteiger partial charge in [0, 0.05) is 24.8 Å². The quantitative estimate of drug-likeness (QED) is 0.0436. The molecule has 10 nitrogen and oxygen atoms in total. The van der Waals surface area contributed by atoms with Crippen molar-refractivity contribution in [2.24, 2.45) is 5.92 Å². The van der Waals surface area contributed by atoms with E-state index < -0.39 is 34.8 Å². The van der Waals surface area contributed by atoms with E-state index in [0.717, 1.165) is 42.4 Å². The van der Waals surface area contributed by atoms with Crippen molar-refractivity contribution < 1.29 is 28.5 Å². The summed E-state index contributed by atoms with van der Waals surface area (Å²) in [5.41, 5.74) is -0.247. The summed E-state index contributed by atoms with van der Waals surface area (Å²) >= 11 is 0. The molecule has 2 heterocycles. The van der Waals surface area contributed by atoms with E-state index in [-0.39, 0.29) is 28.0 Å². The molecule has 0 bridgehead atoms. The second kappa shape index (κ2) is 18.6. The molecule has 0 unspecified atom stereocenters. The molecule has 0 saturated carbocycles. The highest BCUT2D eigenvalue weighted by molar-refractivity contribution is 6.32. The molecular weight excluding hydrogens is 713 g/mol. The fraction of sp³-hybridized carbons (Fsp3) is 0.455. The maximum atomic E-state index is 13.3. The fourth-order valence-electron chi connectivity index (χ4n) is 6.67. The van der Waals surface area contributed by atoms with E-state index in [0.29, 0.717) is 29.4 Å². The molecule has 5 rings (SSSR count). The van der Waals surface area contributed by atoms with E-state index in [1.807, 2.05) is 72.8 Å². The van der Waals surface area contributed by atoms with Crippen LogP contribution in [-0.4, -0.2) is 63.6 Å². The van der Waals surface area contributed by atoms with Gasteiger partial charge in [-0.2, -0.15) is 0 Å². The Hall–Kier alpha value is -4.26. The number of aliphatic hydroxyl groups excluding tert-OH is 1. The third-order valence-corrected chi connectivity index (χ3v) is 12.3. The second-order valence-electron chi connectivity index (χ2n) is 15.1. The Morgan fingerprint density at radius 2 is 1.53 bits per heavy atom. The van der Waals surface area contributed by atoms with Gasteiger partial charge in [-0.05, 0) is 78.1 Å². The lowest BCUT2D eigenvalue weighted by molar-refractivity contribution is -0.133. The summed E-state index contributed by atoms with van der Waals surface area (Å²) in [5.74, 6) is 1.77. The summed E-state index contributed by atoms with van der Waals surface area (Å²) < 4.78 is 34.1. The molecule has 294 valence electrons. The minimum Gasteiger partial charge on any atom is -0.497 e. The number of rotatable bonds is 19. The van der Waals surface area contributed by atoms with Crippen molar-refractivity contribution in [2.75, 3.05) is 27.4 Å². The van der Waals surface area contributed by atoms with Gasteiger partial charge in [0.05, 0.1) is 26.9 Å². The summed E-state index contributed by atoms with van der Waals surface area (Å²) in [6.45, 7) is 10.6. The number of nitrogens with one attached hydrogen (secondary N) is 1. The van der Waals surface area contributed by atoms with Crippen molar-refractivity contribution in [3.63, 3.8) is 0 Å². The summed E-state index contributed by atoms with van der Waals surface area (Å²) in [4.78, 5) is 28.2. The molecule has 3 atom stereocenters. The molecule has 1 saturated heterocycles. The van der Waals surface area contributed by atoms with Crippen LogP contribution in [0.25, 0.3) is 0 Å². The molecule has 4 aromatic rings. The van der Waals surface area contributed by atoms with Gasteiger partial charge in [-0.25, -0.2) is 4.79 Å². The zero-order valence-electron chi connectivity index (χ0n) is 33.2. The summed E-state index contributed by atoms with van der Waals surface area (Å²) in [6, 6.07) is 25.8. The third kappa shape index (κ3) is 9.59. The lowest BCUT2D eigenvalue weighted by Gasteiger charge is -2.41. The molecule has 0 aliphatic carbocycles. The van der Waals surface area contributed by atoms with Crippen molar-refractivity contribution in [3.8, 4) is 11.5 Å². The standard InChI is InChI=1S/C44H56N2O8Si/c1-31(2)42(4,5)55-54-38-28-39(46-29-32(3)40(48)45-41(46)49)53-43(38,26-14-9-8-10-15-27-47)30-52-44(33-16-12-11-13-17-33,34-18-22-36(50-6)23-19-34)35-20-24-37(51-7)25-21-35/h11-14,16-26,29,31,38-39,47H,8-10,15,27-28,30H2,1-7H3,(H,45,48,49)/b26-14+/t38-,39+,43+/m0/s1. The number of methoxy groups -OCH3 is 2. The number of aromatic nitrogens is 2. The summed E-state index contributed by atoms with van der Waals surface area (Å²) in [6.07, 6.45) is 8.02. The summed E-state index contributed by atoms with van der Waals surface area (Å²) in [5, 5.41) is 9.25. The first kappa shape index (κ1) is 41.9. The van der Waals surface area contributed by atoms with Crippen LogP contribution in [0.1, 0.15) is 88.3 Å². The summed E-state index contributed by atoms with van der Waals surface area (Å²) in [7, 11) is 3.41. The largest absolute Gasteiger partial charge is 0.497 e. The van der Waals surface area contributed by atoms with Crippen LogP contribution in [-0.2, 0) is 19.5 Å². The maximum absolute atomic E-state index is 13.3. The molecule has 0 amide bonds. The molecule has 2 N–H and O–H groups in total. The van der Waals surface area contributed by atoms with Gasteiger partial charge in [0.2, 0.25) is 9.76 Å². The van der Waals surface area contributed by atoms with Gasteiger partial charge >= 0.3 is 5.69 Å². The Morgan fingerprint density at radius 3 is 2.09 bits per heavy atom. The van der Waals surface area contributed by atoms with E-state index >= 15 is 0 Å². The third-order valence-electron chi connectivity index (χ3n) is 10.8. The van der Waals surface area contributed by atoms with Gasteiger partial charge in [0.25, 0.3) is 5.56 Å². The van der Waals surface area contributed by atoms with Crippen LogP contribution in [0.15, 0.2) is 107 Å². The average molecular weight is 769 g/mol. The smallest absolute Gasteiger partial charge is 0.330 e. The first-order chi connectivity index (χ1) is 26.4. The molecule has 1 aromatic heterocycles. The average Bonchev–Trinajstić information content (AvgIpc) is 3.55. The predicted octanol–water partition coefficient (Wildman–Crippen LogP) is 7.50. The van der Waals surface area contributed by atoms with Crippen LogP contribution in [0.5, 0.6) is 11.5 Å². The van der Waals surface area contributed by atoms with Gasteiger partial charge in [-0.15, -0.1) is 0 Å². The van der Waals surface area contributed by atoms with Crippen LogP contribution in [0.4, 0.5) is 0 Å². The Labute approximate surface area is 327 Å². The normalized spacial score (nSPS) is 19.0. The second-order valence-corrected chi connectivity index (χ2v) is 16.8. The molecule has 1 aliphatic rings. The topological polar surface area (TPSA) is 121 Å². The minimum atomic E-state index is -1.16. The van der Waals surface area contributed by atoms with Crippen LogP contribution in [0, 0.1) is 12.8 Å². The Balaban J connectivity index is 1.69. The van der Waals surface area contributed by atoms with Gasteiger partial charge < -0.3 is 28.5 Å². The lowest BCUT2D eigenvalue weighted by Crippen LogP contribution is -2.48. The van der Waals surface area contributed by atoms with Crippen molar-refractivity contribution in [1.29, 1.82) is 0 Å². The van der Waals surface area contributed by atoms with Crippen molar-refractivity contribution in [1.82, 2.24) is 9.55 Å². The molecule has 2 radical (unpaired) electrons. The number of aliphatic hydroxyl groups is 1. The van der Waals surface area contributed by atoms with Gasteiger partial charge in [-0.1, -0.05) is 101 Å². The Morgan fingerprint density at radius 1 is 0.927 bits per heavy atom. The van der Waals surface area contributed by atoms with Crippen LogP contribution >= 0.6 is 0 Å². The lowest BCUT2D eigenvalue weighted by atomic mass is 9.79. The number of ether oxygens (including phenoxy) is 4. The van der Waals surface area contributed by atoms with Crippen molar-refractivity contribution >= 4 is 9.76 Å². The molecule has 1 fully saturated rings. The number of allylic oxidation sites excluding steroid dienone is 1. The molecule has 11 heteroatoms. The fourth-order valence-corrected chi connectivity index (χ4v) is 7.65. The number of hydrogen-bond acceptors (Lipinski definition) is 8. The van der Waals surface area contributed by atoms with E-state index in [1.165, 1.54) is 4.57 Å². The van der Waals surface area contributed by atoms with Crippen molar-refractivity contribution in [3.05, 3.63) is 140 Å². The van der Waals surface area contributed by atoms with Gasteiger partial charge in [-0.3, -0.25) is 14.3 Å². The molecule has 1 aliphatic heterocycles. The van der Waals surface area contributed by atoms with E-state index in [4.69, 9.17) is 23.4 Å². The number of unbranched alkanes of at least 4 members (excludes halogenated alkanes) is 3. The Bertz CT molecular complexity index is 1910. The first-order valence-corrected chi connectivity index (χ1v) is 20.0. The van der Waals surface area contributed by atoms with Gasteiger partial charge in [0.15, 0.2) is 0 Å². The zero-order chi connectivity index (χ0) is 39.6. The predicted molar refractivity (Wildman–Crippen MR) is 216 cm³/mol. The number of aryl methyl sites for hydroxylation is 1. The van der Waals surface area contributed by atoms with Gasteiger partial charge in [0.1, 0.15) is 28.9 Å². The minimum absolute atomic E-state index is 0.0396. The van der Waals surface area contributed by atoms with Crippen LogP contribution < -0.4 is 20.7 Å². The molecule has 0 spiro atoms. The van der Waals surface area contributed by atoms with E-state index in [2.05, 4.69) is 50.9 Å². The maximum Gasteiger partial charge on any atom is 0.330 e. The van der Waals surface area contributed by atoms with Crippen molar-refractivity contribution in [2.45, 2.75) is 95.3 Å². The molecule has 3 aromatic carbocycles. The first-order valence-electron chi connectivity index (χ1n) is 19.1. The zero-order valence-corrected chi connectivity index (χ0v) is 34.2. The highest BCUT2D eigenvalue weighted by Gasteiger charge is 2.52. The number of nitrogens with zero attached hydrogens (tertiary/aromatic N) is 1. The Kier molecular flexibility index (Phi) is 14.2. The SMILES string of the molecule is COc1ccc(C(OC[C@@]2(/C=C/CCCCCO)O[C@@H](n3cc(C)c(=O)[nH]c3=O)C[C@@H]2O[Si]C(C)(C)C(C)C)(c2ccccc2)c2ccc(OC)cc2)cc1. The highest BCUT2D eigenvalue weighted by Crippen LogP contribution is 2.46. The highest BCUT2D eigenvalue weighted by atomic mass is 28.2. The molecule has 55 heavy (non-hydrogen) atoms. The molecular formula is C44H56N2O8Si. The monoisotopic (exact) mass is 768 g/mol. The number of hydrogen-bond donors (Lipinski definition) is 2. The van der Waals surface area contributed by atoms with Crippen LogP contribution in [0.3, 0.4) is 0 Å². The number of aromatic amines is 1. The number of benzene rings is 3. The number of H-pyrrole nitrogens is 1. The van der Waals surface area contributed by atoms with Crippen LogP contribution in [0.2, 0.25) is 5.04 Å². The van der Waals surface area contributed by atoms with E-state index in [1.54, 1.807) is 27.3 Å².